The van der Waals surface area contributed by atoms with Gasteiger partial charge in [0.2, 0.25) is 0 Å². The molecule has 4 saturated carbocycles. The number of amides is 3. The Kier molecular flexibility index (Phi) is 11.1. The topological polar surface area (TPSA) is 151 Å². The molecular formula is C46H73N3O8. The van der Waals surface area contributed by atoms with Gasteiger partial charge in [0.15, 0.2) is 5.78 Å². The Hall–Kier alpha value is -3.11. The first-order valence-corrected chi connectivity index (χ1v) is 22.0. The molecule has 8 atom stereocenters. The van der Waals surface area contributed by atoms with E-state index in [2.05, 4.69) is 59.1 Å². The molecule has 1 aliphatic heterocycles. The van der Waals surface area contributed by atoms with Crippen molar-refractivity contribution in [3.05, 3.63) is 11.1 Å². The van der Waals surface area contributed by atoms with Gasteiger partial charge in [-0.25, -0.2) is 9.59 Å². The highest BCUT2D eigenvalue weighted by Gasteiger charge is 2.70. The third kappa shape index (κ3) is 7.42. The molecule has 5 fully saturated rings. The average molecular weight is 796 g/mol. The predicted octanol–water partition coefficient (Wildman–Crippen LogP) is 8.83. The molecule has 3 N–H and O–H groups in total. The van der Waals surface area contributed by atoms with Gasteiger partial charge in [-0.1, -0.05) is 48.5 Å². The number of aliphatic carboxylic acids is 1. The summed E-state index contributed by atoms with van der Waals surface area (Å²) in [6.45, 7) is 26.0. The molecule has 0 bridgehead atoms. The third-order valence-corrected chi connectivity index (χ3v) is 16.6. The van der Waals surface area contributed by atoms with Crippen LogP contribution in [0.5, 0.6) is 0 Å². The van der Waals surface area contributed by atoms with Gasteiger partial charge < -0.3 is 30.1 Å². The van der Waals surface area contributed by atoms with Crippen LogP contribution in [0.4, 0.5) is 9.59 Å². The van der Waals surface area contributed by atoms with Crippen LogP contribution in [0.25, 0.3) is 0 Å². The van der Waals surface area contributed by atoms with E-state index >= 15 is 0 Å². The van der Waals surface area contributed by atoms with E-state index < -0.39 is 28.5 Å². The van der Waals surface area contributed by atoms with Gasteiger partial charge in [0.05, 0.1) is 17.4 Å². The Morgan fingerprint density at radius 2 is 1.49 bits per heavy atom. The second-order valence-corrected chi connectivity index (χ2v) is 22.3. The first-order chi connectivity index (χ1) is 26.2. The molecule has 0 aromatic carbocycles. The van der Waals surface area contributed by atoms with E-state index in [1.807, 2.05) is 20.8 Å². The molecule has 11 heteroatoms. The average Bonchev–Trinajstić information content (AvgIpc) is 3.37. The van der Waals surface area contributed by atoms with Crippen molar-refractivity contribution in [2.24, 2.45) is 50.7 Å². The van der Waals surface area contributed by atoms with Crippen LogP contribution < -0.4 is 10.6 Å². The Morgan fingerprint density at radius 1 is 0.842 bits per heavy atom. The fraction of sp³-hybridized carbons (Fsp3) is 0.848. The van der Waals surface area contributed by atoms with Crippen LogP contribution in [-0.4, -0.2) is 76.2 Å². The second kappa shape index (κ2) is 14.6. The van der Waals surface area contributed by atoms with Gasteiger partial charge in [-0.3, -0.25) is 14.4 Å². The van der Waals surface area contributed by atoms with Crippen molar-refractivity contribution in [3.63, 3.8) is 0 Å². The van der Waals surface area contributed by atoms with Gasteiger partial charge in [0.1, 0.15) is 11.7 Å². The van der Waals surface area contributed by atoms with Gasteiger partial charge >= 0.3 is 24.1 Å². The largest absolute Gasteiger partial charge is 0.481 e. The summed E-state index contributed by atoms with van der Waals surface area (Å²) in [4.78, 5) is 67.3. The lowest BCUT2D eigenvalue weighted by atomic mass is 9.33. The molecule has 5 aliphatic carbocycles. The van der Waals surface area contributed by atoms with Gasteiger partial charge in [-0.15, -0.1) is 0 Å². The van der Waals surface area contributed by atoms with Crippen molar-refractivity contribution in [2.75, 3.05) is 13.1 Å². The molecule has 1 saturated heterocycles. The summed E-state index contributed by atoms with van der Waals surface area (Å²) in [6, 6.07) is -0.309. The first kappa shape index (κ1) is 43.5. The molecular weight excluding hydrogens is 723 g/mol. The number of rotatable bonds is 7. The van der Waals surface area contributed by atoms with E-state index in [1.165, 1.54) is 5.57 Å². The van der Waals surface area contributed by atoms with Gasteiger partial charge in [-0.2, -0.15) is 0 Å². The second-order valence-electron chi connectivity index (χ2n) is 22.3. The number of carbonyl (C=O) groups is 5. The molecule has 57 heavy (non-hydrogen) atoms. The van der Waals surface area contributed by atoms with Crippen molar-refractivity contribution in [3.8, 4) is 0 Å². The summed E-state index contributed by atoms with van der Waals surface area (Å²) >= 11 is 0. The van der Waals surface area contributed by atoms with Crippen molar-refractivity contribution >= 4 is 29.8 Å². The lowest BCUT2D eigenvalue weighted by Crippen LogP contribution is -2.67. The normalized spacial score (nSPS) is 36.7. The predicted molar refractivity (Wildman–Crippen MR) is 218 cm³/mol. The van der Waals surface area contributed by atoms with Crippen LogP contribution in [0.1, 0.15) is 160 Å². The number of esters is 1. The zero-order chi connectivity index (χ0) is 42.3. The van der Waals surface area contributed by atoms with Crippen molar-refractivity contribution in [1.29, 1.82) is 0 Å². The lowest BCUT2D eigenvalue weighted by molar-refractivity contribution is -0.232. The number of carboxylic acid groups (broad SMARTS) is 1. The quantitative estimate of drug-likeness (QED) is 0.216. The molecule has 0 aromatic heterocycles. The molecule has 3 unspecified atom stereocenters. The summed E-state index contributed by atoms with van der Waals surface area (Å²) in [5.74, 6) is -0.257. The first-order valence-electron chi connectivity index (χ1n) is 22.0. The molecule has 1 heterocycles. The maximum atomic E-state index is 14.1. The minimum atomic E-state index is -1.18. The highest BCUT2D eigenvalue weighted by molar-refractivity contribution is 6.02. The number of nitrogens with zero attached hydrogens (tertiary/aromatic N) is 1. The van der Waals surface area contributed by atoms with Crippen molar-refractivity contribution in [2.45, 2.75) is 183 Å². The van der Waals surface area contributed by atoms with Crippen LogP contribution in [0.2, 0.25) is 0 Å². The van der Waals surface area contributed by atoms with Gasteiger partial charge in [0, 0.05) is 31.0 Å². The Labute approximate surface area is 341 Å². The molecule has 0 radical (unpaired) electrons. The highest BCUT2D eigenvalue weighted by atomic mass is 16.6. The summed E-state index contributed by atoms with van der Waals surface area (Å²) in [6.07, 6.45) is 8.26. The van der Waals surface area contributed by atoms with E-state index in [0.29, 0.717) is 44.2 Å². The summed E-state index contributed by atoms with van der Waals surface area (Å²) in [7, 11) is 0. The summed E-state index contributed by atoms with van der Waals surface area (Å²) in [5, 5.41) is 16.3. The van der Waals surface area contributed by atoms with E-state index in [-0.39, 0.29) is 70.0 Å². The fourth-order valence-corrected chi connectivity index (χ4v) is 13.5. The maximum Gasteiger partial charge on any atom is 0.410 e. The lowest BCUT2D eigenvalue weighted by Gasteiger charge is -2.72. The number of carboxylic acids is 1. The number of piperidine rings is 1. The van der Waals surface area contributed by atoms with Crippen LogP contribution in [0.15, 0.2) is 11.1 Å². The van der Waals surface area contributed by atoms with E-state index in [1.54, 1.807) is 18.7 Å². The number of hydrogen-bond donors (Lipinski definition) is 3. The van der Waals surface area contributed by atoms with E-state index in [4.69, 9.17) is 9.47 Å². The number of ether oxygens (including phenoxy) is 2. The third-order valence-electron chi connectivity index (χ3n) is 16.6. The highest BCUT2D eigenvalue weighted by Crippen LogP contribution is 2.76. The molecule has 0 spiro atoms. The molecule has 320 valence electrons. The van der Waals surface area contributed by atoms with Crippen molar-refractivity contribution < 1.29 is 38.6 Å². The van der Waals surface area contributed by atoms with Gasteiger partial charge in [0.25, 0.3) is 0 Å². The Bertz CT molecular complexity index is 1690. The van der Waals surface area contributed by atoms with E-state index in [9.17, 15) is 29.1 Å². The number of Topliss-reactive ketones (excluding diaryl/α,β-unsaturated/α-hetero) is 1. The Balaban J connectivity index is 1.20. The number of ketones is 1. The van der Waals surface area contributed by atoms with Crippen LogP contribution in [0.3, 0.4) is 0 Å². The number of urea groups is 1. The number of allylic oxidation sites excluding steroid dienone is 1. The number of likely N-dealkylation sites (tertiary alicyclic amines) is 1. The summed E-state index contributed by atoms with van der Waals surface area (Å²) < 4.78 is 11.7. The zero-order valence-corrected chi connectivity index (χ0v) is 37.1. The van der Waals surface area contributed by atoms with Crippen molar-refractivity contribution in [1.82, 2.24) is 15.5 Å². The van der Waals surface area contributed by atoms with Crippen LogP contribution >= 0.6 is 0 Å². The van der Waals surface area contributed by atoms with Crippen LogP contribution in [-0.2, 0) is 23.9 Å². The molecule has 3 amide bonds. The SMILES string of the molecule is CC(C)C1=C2[C@H]3CCC4C(C)(CCC5C(C)(C)[C@@H](OC(=O)CC(C)(C)C(=O)O)CC[C@@]54C)[C@]3(C)CC[C@@]2(NC(=O)NC2CCN(C(=O)OC(C)(C)C)CC2)CC1=O. The standard InChI is InChI=1S/C46H73N3O8/c1-27(2)35-30(50)25-46(48-38(54)47-28-17-23-49(24-18-28)39(55)57-40(3,4)5)22-21-44(11)29(36(35)46)13-14-32-43(10)19-16-33(56-34(51)26-41(6,7)37(52)53)42(8,9)31(43)15-20-45(32,44)12/h27-29,31-33H,13-26H2,1-12H3,(H,52,53)(H2,47,48,54)/t29-,31?,32?,33+,43+,44-,45?,46-/m1/s1. The minimum Gasteiger partial charge on any atom is -0.481 e. The number of carbonyl (C=O) groups excluding carboxylic acids is 4. The van der Waals surface area contributed by atoms with Gasteiger partial charge in [-0.05, 0) is 150 Å². The van der Waals surface area contributed by atoms with Crippen LogP contribution in [0, 0.1) is 50.7 Å². The maximum absolute atomic E-state index is 14.1. The molecule has 6 aliphatic rings. The number of fused-ring (bicyclic) bond motifs is 7. The monoisotopic (exact) mass is 796 g/mol. The number of hydrogen-bond acceptors (Lipinski definition) is 7. The van der Waals surface area contributed by atoms with E-state index in [0.717, 1.165) is 56.9 Å². The number of nitrogens with one attached hydrogen (secondary N) is 2. The minimum absolute atomic E-state index is 0.00350. The molecule has 6 rings (SSSR count). The smallest absolute Gasteiger partial charge is 0.410 e. The zero-order valence-electron chi connectivity index (χ0n) is 37.1. The fourth-order valence-electron chi connectivity index (χ4n) is 13.5. The summed E-state index contributed by atoms with van der Waals surface area (Å²) in [5.41, 5.74) is -0.643. The Morgan fingerprint density at radius 3 is 2.09 bits per heavy atom. The molecule has 0 aromatic rings. The molecule has 11 nitrogen and oxygen atoms in total.